The van der Waals surface area contributed by atoms with E-state index in [9.17, 15) is 25.5 Å². The van der Waals surface area contributed by atoms with Crippen LogP contribution < -0.4 is 0 Å². The van der Waals surface area contributed by atoms with Crippen LogP contribution in [0.15, 0.2) is 25.3 Å². The largest absolute Gasteiger partial charge is 0.394 e. The van der Waals surface area contributed by atoms with Crippen LogP contribution in [0.3, 0.4) is 0 Å². The van der Waals surface area contributed by atoms with E-state index in [4.69, 9.17) is 14.6 Å². The van der Waals surface area contributed by atoms with Crippen LogP contribution in [-0.2, 0) is 9.47 Å². The Balaban J connectivity index is 0.000000158. The molecule has 0 bridgehead atoms. The van der Waals surface area contributed by atoms with E-state index in [2.05, 4.69) is 29.9 Å². The highest BCUT2D eigenvalue weighted by Gasteiger charge is 2.46. The van der Waals surface area contributed by atoms with Gasteiger partial charge >= 0.3 is 0 Å². The smallest absolute Gasteiger partial charge is 0.165 e. The van der Waals surface area contributed by atoms with Gasteiger partial charge in [0.25, 0.3) is 0 Å². The van der Waals surface area contributed by atoms with Gasteiger partial charge in [0.1, 0.15) is 60.3 Å². The van der Waals surface area contributed by atoms with E-state index < -0.39 is 55.2 Å². The first-order chi connectivity index (χ1) is 18.6. The van der Waals surface area contributed by atoms with Gasteiger partial charge in [-0.3, -0.25) is 9.13 Å². The minimum Gasteiger partial charge on any atom is -0.394 e. The van der Waals surface area contributed by atoms with Crippen molar-refractivity contribution in [1.82, 2.24) is 39.0 Å². The molecule has 16 nitrogen and oxygen atoms in total. The number of aryl methyl sites for hydroxylation is 2. The number of imidazole rings is 2. The molecule has 0 unspecified atom stereocenters. The van der Waals surface area contributed by atoms with Crippen LogP contribution in [0.25, 0.3) is 22.3 Å². The van der Waals surface area contributed by atoms with Crippen molar-refractivity contribution in [3.63, 3.8) is 0 Å². The predicted octanol–water partition coefficient (Wildman–Crippen LogP) is -2.12. The Morgan fingerprint density at radius 3 is 1.67 bits per heavy atom. The molecule has 0 aliphatic carbocycles. The van der Waals surface area contributed by atoms with Gasteiger partial charge in [0.2, 0.25) is 0 Å². The molecule has 2 aliphatic heterocycles. The van der Waals surface area contributed by atoms with Crippen LogP contribution in [0.1, 0.15) is 30.8 Å². The summed E-state index contributed by atoms with van der Waals surface area (Å²) in [4.78, 5) is 24.7. The molecule has 0 saturated carbocycles. The molecule has 2 aliphatic rings. The zero-order valence-electron chi connectivity index (χ0n) is 21.3. The number of aromatic nitrogens is 8. The van der Waals surface area contributed by atoms with Gasteiger partial charge in [0, 0.05) is 0 Å². The van der Waals surface area contributed by atoms with Crippen molar-refractivity contribution in [3.05, 3.63) is 36.7 Å². The second-order valence-electron chi connectivity index (χ2n) is 9.51. The molecular formula is C23H30N8O8. The van der Waals surface area contributed by atoms with E-state index in [1.54, 1.807) is 18.4 Å². The maximum absolute atomic E-state index is 10.1. The van der Waals surface area contributed by atoms with Crippen molar-refractivity contribution in [2.45, 2.75) is 76.0 Å². The summed E-state index contributed by atoms with van der Waals surface area (Å²) in [5.41, 5.74) is 3.69. The Labute approximate surface area is 221 Å². The van der Waals surface area contributed by atoms with Crippen LogP contribution in [0.5, 0.6) is 0 Å². The second-order valence-corrected chi connectivity index (χ2v) is 9.51. The molecule has 210 valence electrons. The summed E-state index contributed by atoms with van der Waals surface area (Å²) in [6, 6.07) is 0. The van der Waals surface area contributed by atoms with Gasteiger partial charge in [0.05, 0.1) is 36.8 Å². The summed E-state index contributed by atoms with van der Waals surface area (Å²) in [5, 5.41) is 58.4. The monoisotopic (exact) mass is 546 g/mol. The minimum atomic E-state index is -1.17. The number of aliphatic hydroxyl groups excluding tert-OH is 6. The lowest BCUT2D eigenvalue weighted by Gasteiger charge is -2.17. The summed E-state index contributed by atoms with van der Waals surface area (Å²) in [6.07, 6.45) is -3.09. The van der Waals surface area contributed by atoms with E-state index in [1.807, 2.05) is 0 Å². The Hall–Kier alpha value is -3.22. The number of hydrogen-bond donors (Lipinski definition) is 6. The quantitative estimate of drug-likeness (QED) is 0.161. The van der Waals surface area contributed by atoms with Crippen molar-refractivity contribution >= 4 is 22.3 Å². The number of nitrogens with zero attached hydrogens (tertiary/aromatic N) is 8. The molecule has 6 N–H and O–H groups in total. The molecule has 16 heteroatoms. The van der Waals surface area contributed by atoms with Gasteiger partial charge in [-0.25, -0.2) is 29.9 Å². The first-order valence-electron chi connectivity index (χ1n) is 12.2. The highest BCUT2D eigenvalue weighted by atomic mass is 16.6. The van der Waals surface area contributed by atoms with Crippen molar-refractivity contribution in [2.24, 2.45) is 0 Å². The van der Waals surface area contributed by atoms with Crippen LogP contribution in [0.4, 0.5) is 0 Å². The maximum atomic E-state index is 10.1. The maximum Gasteiger partial charge on any atom is 0.165 e. The summed E-state index contributed by atoms with van der Waals surface area (Å²) in [6.45, 7) is 4.75. The third kappa shape index (κ3) is 4.74. The summed E-state index contributed by atoms with van der Waals surface area (Å²) >= 11 is 0. The molecule has 0 radical (unpaired) electrons. The summed E-state index contributed by atoms with van der Waals surface area (Å²) < 4.78 is 14.1. The van der Waals surface area contributed by atoms with Gasteiger partial charge in [-0.2, -0.15) is 0 Å². The molecule has 0 amide bonds. The molecule has 4 aromatic heterocycles. The Morgan fingerprint density at radius 2 is 1.23 bits per heavy atom. The third-order valence-electron chi connectivity index (χ3n) is 6.90. The standard InChI is InChI=1S/C12H16N4O4.C11H14N4O4/c1-5-7-11(14-3-13-5)16(4-15-7)12-9(19)8(18)10(20-12)6(2)17;1-5-7-10(13-3-12-5)15(4-14-7)11-9(18)8(17)6(2-16)19-11/h3-4,6,8-10,12,17-19H,1-2H3;3-4,6,8-9,11,16-18H,2H2,1H3/t6-,8+,9-,10-,12-;6-,8+,9+,11+/m10/s1. The van der Waals surface area contributed by atoms with Crippen molar-refractivity contribution in [2.75, 3.05) is 6.61 Å². The molecule has 4 aromatic rings. The number of hydrogen-bond acceptors (Lipinski definition) is 14. The van der Waals surface area contributed by atoms with E-state index in [0.717, 1.165) is 5.69 Å². The average Bonchev–Trinajstić information content (AvgIpc) is 3.67. The number of ether oxygens (including phenoxy) is 2. The van der Waals surface area contributed by atoms with Gasteiger partial charge in [-0.1, -0.05) is 0 Å². The fourth-order valence-corrected chi connectivity index (χ4v) is 4.73. The lowest BCUT2D eigenvalue weighted by atomic mass is 10.1. The lowest BCUT2D eigenvalue weighted by molar-refractivity contribution is -0.0777. The van der Waals surface area contributed by atoms with Crippen LogP contribution in [0.2, 0.25) is 0 Å². The molecule has 2 fully saturated rings. The van der Waals surface area contributed by atoms with E-state index in [1.165, 1.54) is 36.8 Å². The fourth-order valence-electron chi connectivity index (χ4n) is 4.73. The van der Waals surface area contributed by atoms with Crippen molar-refractivity contribution < 1.29 is 40.1 Å². The summed E-state index contributed by atoms with van der Waals surface area (Å²) in [5.74, 6) is 0. The van der Waals surface area contributed by atoms with E-state index in [-0.39, 0.29) is 6.61 Å². The Morgan fingerprint density at radius 1 is 0.744 bits per heavy atom. The zero-order valence-corrected chi connectivity index (χ0v) is 21.3. The highest BCUT2D eigenvalue weighted by molar-refractivity contribution is 5.73. The zero-order chi connectivity index (χ0) is 28.0. The van der Waals surface area contributed by atoms with Gasteiger partial charge in [-0.15, -0.1) is 0 Å². The first-order valence-corrected chi connectivity index (χ1v) is 12.2. The highest BCUT2D eigenvalue weighted by Crippen LogP contribution is 2.33. The van der Waals surface area contributed by atoms with Crippen LogP contribution >= 0.6 is 0 Å². The molecule has 0 aromatic carbocycles. The lowest BCUT2D eigenvalue weighted by Crippen LogP contribution is -2.37. The van der Waals surface area contributed by atoms with E-state index in [0.29, 0.717) is 28.0 Å². The topological polar surface area (TPSA) is 227 Å². The normalized spacial score (nSPS) is 31.5. The predicted molar refractivity (Wildman–Crippen MR) is 131 cm³/mol. The molecule has 2 saturated heterocycles. The summed E-state index contributed by atoms with van der Waals surface area (Å²) in [7, 11) is 0. The van der Waals surface area contributed by atoms with Crippen molar-refractivity contribution in [3.8, 4) is 0 Å². The molecule has 6 heterocycles. The molecule has 39 heavy (non-hydrogen) atoms. The molecule has 6 rings (SSSR count). The van der Waals surface area contributed by atoms with Gasteiger partial charge in [0.15, 0.2) is 23.8 Å². The van der Waals surface area contributed by atoms with Crippen LogP contribution in [0, 0.1) is 13.8 Å². The molecule has 0 spiro atoms. The number of aliphatic hydroxyl groups is 6. The SMILES string of the molecule is Cc1ncnc2c1ncn2[C@@H]1O[C@@H](CO)[C@@H](O)[C@H]1O.Cc1ncnc2c1ncn2[C@@H]1O[C@H]([C@@H](C)O)[C@@H](O)[C@H]1O. The Kier molecular flexibility index (Phi) is 7.53. The van der Waals surface area contributed by atoms with Crippen molar-refractivity contribution in [1.29, 1.82) is 0 Å². The fraction of sp³-hybridized carbons (Fsp3) is 0.565. The average molecular weight is 547 g/mol. The number of fused-ring (bicyclic) bond motifs is 2. The van der Waals surface area contributed by atoms with Gasteiger partial charge < -0.3 is 40.1 Å². The molecule has 9 atom stereocenters. The second kappa shape index (κ2) is 10.7. The minimum absolute atomic E-state index is 0.366. The third-order valence-corrected chi connectivity index (χ3v) is 6.90. The van der Waals surface area contributed by atoms with Crippen LogP contribution in [-0.4, -0.2) is 119 Å². The first kappa shape index (κ1) is 27.4. The Bertz CT molecular complexity index is 1450. The molecular weight excluding hydrogens is 516 g/mol. The van der Waals surface area contributed by atoms with Gasteiger partial charge in [-0.05, 0) is 20.8 Å². The number of rotatable bonds is 4. The van der Waals surface area contributed by atoms with E-state index >= 15 is 0 Å².